The van der Waals surface area contributed by atoms with E-state index in [9.17, 15) is 14.3 Å². The molecule has 1 aliphatic rings. The molecule has 6 nitrogen and oxygen atoms in total. The van der Waals surface area contributed by atoms with Crippen LogP contribution in [0.15, 0.2) is 54.2 Å². The zero-order chi connectivity index (χ0) is 24.2. The number of carboxylic acids is 1. The van der Waals surface area contributed by atoms with Crippen molar-refractivity contribution in [1.82, 2.24) is 9.78 Å². The van der Waals surface area contributed by atoms with Crippen LogP contribution in [-0.4, -0.2) is 28.0 Å². The van der Waals surface area contributed by atoms with Crippen molar-refractivity contribution < 1.29 is 23.8 Å². The van der Waals surface area contributed by atoms with Crippen LogP contribution in [0.3, 0.4) is 0 Å². The Labute approximate surface area is 198 Å². The van der Waals surface area contributed by atoms with E-state index in [2.05, 4.69) is 5.10 Å². The largest absolute Gasteiger partial charge is 0.497 e. The molecule has 4 rings (SSSR count). The van der Waals surface area contributed by atoms with E-state index in [0.717, 1.165) is 35.2 Å². The van der Waals surface area contributed by atoms with Gasteiger partial charge in [-0.25, -0.2) is 9.07 Å². The number of allylic oxidation sites excluding steroid dienone is 1. The van der Waals surface area contributed by atoms with Crippen molar-refractivity contribution in [2.45, 2.75) is 45.6 Å². The minimum atomic E-state index is -0.785. The Balaban J connectivity index is 1.60. The molecular formula is C27H29FN2O4. The summed E-state index contributed by atoms with van der Waals surface area (Å²) in [6, 6.07) is 12.2. The Morgan fingerprint density at radius 2 is 2.03 bits per heavy atom. The average molecular weight is 465 g/mol. The van der Waals surface area contributed by atoms with E-state index in [-0.39, 0.29) is 18.9 Å². The molecule has 1 fully saturated rings. The second-order valence-corrected chi connectivity index (χ2v) is 8.91. The molecule has 0 radical (unpaired) electrons. The second-order valence-electron chi connectivity index (χ2n) is 8.91. The molecule has 0 spiro atoms. The minimum absolute atomic E-state index is 0.000992. The maximum Gasteiger partial charge on any atom is 0.303 e. The van der Waals surface area contributed by atoms with Gasteiger partial charge in [0.15, 0.2) is 0 Å². The van der Waals surface area contributed by atoms with Crippen molar-refractivity contribution in [2.75, 3.05) is 7.11 Å². The Hall–Kier alpha value is -3.61. The van der Waals surface area contributed by atoms with Crippen LogP contribution < -0.4 is 9.47 Å². The molecule has 3 aromatic rings. The predicted octanol–water partition coefficient (Wildman–Crippen LogP) is 5.99. The maximum absolute atomic E-state index is 14.6. The molecule has 1 N–H and O–H groups in total. The number of hydrogen-bond acceptors (Lipinski definition) is 4. The Bertz CT molecular complexity index is 1210. The first-order valence-electron chi connectivity index (χ1n) is 11.4. The summed E-state index contributed by atoms with van der Waals surface area (Å²) in [7, 11) is 1.54. The highest BCUT2D eigenvalue weighted by atomic mass is 19.1. The van der Waals surface area contributed by atoms with Crippen molar-refractivity contribution in [3.63, 3.8) is 0 Å². The second kappa shape index (κ2) is 10.1. The van der Waals surface area contributed by atoms with Gasteiger partial charge >= 0.3 is 5.97 Å². The van der Waals surface area contributed by atoms with Crippen molar-refractivity contribution in [1.29, 1.82) is 0 Å². The Morgan fingerprint density at radius 3 is 2.71 bits per heavy atom. The summed E-state index contributed by atoms with van der Waals surface area (Å²) >= 11 is 0. The van der Waals surface area contributed by atoms with Gasteiger partial charge in [-0.2, -0.15) is 5.10 Å². The zero-order valence-electron chi connectivity index (χ0n) is 19.6. The summed E-state index contributed by atoms with van der Waals surface area (Å²) in [5.74, 6) is 0.435. The highest BCUT2D eigenvalue weighted by Crippen LogP contribution is 2.45. The maximum atomic E-state index is 14.6. The number of halogens is 1. The molecule has 7 heteroatoms. The van der Waals surface area contributed by atoms with E-state index in [1.807, 2.05) is 44.2 Å². The van der Waals surface area contributed by atoms with Gasteiger partial charge in [-0.05, 0) is 74.4 Å². The van der Waals surface area contributed by atoms with Gasteiger partial charge in [-0.1, -0.05) is 17.7 Å². The smallest absolute Gasteiger partial charge is 0.303 e. The molecule has 178 valence electrons. The van der Waals surface area contributed by atoms with Gasteiger partial charge in [0.2, 0.25) is 0 Å². The fraction of sp³-hybridized carbons (Fsp3) is 0.333. The van der Waals surface area contributed by atoms with E-state index >= 15 is 0 Å². The number of hydrogen-bond donors (Lipinski definition) is 1. The summed E-state index contributed by atoms with van der Waals surface area (Å²) < 4.78 is 27.5. The van der Waals surface area contributed by atoms with Crippen LogP contribution in [-0.2, 0) is 11.4 Å². The molecule has 0 unspecified atom stereocenters. The standard InChI is InChI=1S/C27H29FN2O4/c1-17(2)11-25-20(15-29-30(25)26-13-21(33-3)9-10-24(26)28)16-34-22-6-4-5-19(12-22)23(14-27(31)32)18-7-8-18/h4-6,9-13,15,18,23H,7-8,14,16H2,1-3H3,(H,31,32)/t23-/m0/s1. The molecule has 2 aromatic carbocycles. The van der Waals surface area contributed by atoms with Gasteiger partial charge in [0.1, 0.15) is 29.6 Å². The number of aromatic nitrogens is 2. The van der Waals surface area contributed by atoms with Gasteiger partial charge in [0.05, 0.1) is 25.4 Å². The first-order valence-corrected chi connectivity index (χ1v) is 11.4. The Morgan fingerprint density at radius 1 is 1.24 bits per heavy atom. The normalized spacial score (nSPS) is 13.9. The topological polar surface area (TPSA) is 73.6 Å². The monoisotopic (exact) mass is 464 g/mol. The zero-order valence-corrected chi connectivity index (χ0v) is 19.6. The number of carbonyl (C=O) groups is 1. The van der Waals surface area contributed by atoms with Crippen LogP contribution in [0.2, 0.25) is 0 Å². The van der Waals surface area contributed by atoms with E-state index in [1.54, 1.807) is 23.0 Å². The number of methoxy groups -OCH3 is 1. The van der Waals surface area contributed by atoms with E-state index in [4.69, 9.17) is 9.47 Å². The third-order valence-corrected chi connectivity index (χ3v) is 5.96. The van der Waals surface area contributed by atoms with Crippen LogP contribution in [0.1, 0.15) is 55.8 Å². The van der Waals surface area contributed by atoms with Gasteiger partial charge < -0.3 is 14.6 Å². The summed E-state index contributed by atoms with van der Waals surface area (Å²) in [6.45, 7) is 4.17. The molecule has 34 heavy (non-hydrogen) atoms. The summed E-state index contributed by atoms with van der Waals surface area (Å²) in [5, 5.41) is 13.7. The average Bonchev–Trinajstić information content (AvgIpc) is 3.58. The molecule has 1 aliphatic carbocycles. The Kier molecular flexibility index (Phi) is 7.01. The molecular weight excluding hydrogens is 435 g/mol. The number of nitrogens with zero attached hydrogens (tertiary/aromatic N) is 2. The van der Waals surface area contributed by atoms with Crippen LogP contribution in [0.4, 0.5) is 4.39 Å². The SMILES string of the molecule is COc1ccc(F)c(-n2ncc(COc3cccc([C@@H](CC(=O)O)C4CC4)c3)c2C=C(C)C)c1. The molecule has 1 heterocycles. The van der Waals surface area contributed by atoms with Gasteiger partial charge in [0, 0.05) is 11.6 Å². The number of carboxylic acid groups (broad SMARTS) is 1. The van der Waals surface area contributed by atoms with Gasteiger partial charge in [0.25, 0.3) is 0 Å². The van der Waals surface area contributed by atoms with Gasteiger partial charge in [-0.15, -0.1) is 0 Å². The van der Waals surface area contributed by atoms with Crippen LogP contribution in [0.25, 0.3) is 11.8 Å². The van der Waals surface area contributed by atoms with Crippen LogP contribution in [0.5, 0.6) is 11.5 Å². The third-order valence-electron chi connectivity index (χ3n) is 5.96. The molecule has 1 aromatic heterocycles. The third kappa shape index (κ3) is 5.47. The fourth-order valence-corrected chi connectivity index (χ4v) is 4.14. The van der Waals surface area contributed by atoms with E-state index < -0.39 is 11.8 Å². The quantitative estimate of drug-likeness (QED) is 0.399. The summed E-state index contributed by atoms with van der Waals surface area (Å²) in [6.07, 6.45) is 5.87. The first kappa shape index (κ1) is 23.5. The van der Waals surface area contributed by atoms with Crippen molar-refractivity contribution in [3.8, 4) is 17.2 Å². The fourth-order valence-electron chi connectivity index (χ4n) is 4.14. The van der Waals surface area contributed by atoms with Gasteiger partial charge in [-0.3, -0.25) is 4.79 Å². The molecule has 1 saturated carbocycles. The first-order chi connectivity index (χ1) is 16.4. The number of benzene rings is 2. The summed E-state index contributed by atoms with van der Waals surface area (Å²) in [5.41, 5.74) is 3.85. The van der Waals surface area contributed by atoms with Crippen LogP contribution >= 0.6 is 0 Å². The van der Waals surface area contributed by atoms with Crippen LogP contribution in [0, 0.1) is 11.7 Å². The lowest BCUT2D eigenvalue weighted by Crippen LogP contribution is -2.08. The molecule has 0 amide bonds. The minimum Gasteiger partial charge on any atom is -0.497 e. The number of ether oxygens (including phenoxy) is 2. The van der Waals surface area contributed by atoms with Crippen molar-refractivity contribution >= 4 is 12.0 Å². The van der Waals surface area contributed by atoms with E-state index in [0.29, 0.717) is 23.1 Å². The lowest BCUT2D eigenvalue weighted by molar-refractivity contribution is -0.137. The van der Waals surface area contributed by atoms with E-state index in [1.165, 1.54) is 13.2 Å². The molecule has 1 atom stereocenters. The lowest BCUT2D eigenvalue weighted by Gasteiger charge is -2.16. The molecule has 0 saturated heterocycles. The molecule has 0 bridgehead atoms. The number of rotatable bonds is 10. The molecule has 0 aliphatic heterocycles. The summed E-state index contributed by atoms with van der Waals surface area (Å²) in [4.78, 5) is 11.3. The predicted molar refractivity (Wildman–Crippen MR) is 128 cm³/mol. The van der Waals surface area contributed by atoms with Crippen molar-refractivity contribution in [3.05, 3.63) is 76.9 Å². The lowest BCUT2D eigenvalue weighted by atomic mass is 9.91. The number of aliphatic carboxylic acids is 1. The highest BCUT2D eigenvalue weighted by Gasteiger charge is 2.33. The highest BCUT2D eigenvalue weighted by molar-refractivity contribution is 5.68. The van der Waals surface area contributed by atoms with Crippen molar-refractivity contribution in [2.24, 2.45) is 5.92 Å².